The predicted molar refractivity (Wildman–Crippen MR) is 96.5 cm³/mol. The first-order valence-electron chi connectivity index (χ1n) is 7.10. The smallest absolute Gasteiger partial charge is 0.320 e. The number of nitrogens with two attached hydrogens (primary N) is 1. The lowest BCUT2D eigenvalue weighted by molar-refractivity contribution is -0.138. The summed E-state index contributed by atoms with van der Waals surface area (Å²) in [6.45, 7) is 1.55. The molecule has 7 heteroatoms. The van der Waals surface area contributed by atoms with E-state index in [-0.39, 0.29) is 0 Å². The summed E-state index contributed by atoms with van der Waals surface area (Å²) in [5.41, 5.74) is 7.78. The molecule has 0 bridgehead atoms. The van der Waals surface area contributed by atoms with Crippen LogP contribution >= 0.6 is 35.0 Å². The first kappa shape index (κ1) is 19.4. The fourth-order valence-electron chi connectivity index (χ4n) is 1.90. The van der Waals surface area contributed by atoms with Gasteiger partial charge < -0.3 is 15.7 Å². The summed E-state index contributed by atoms with van der Waals surface area (Å²) < 4.78 is 0. The van der Waals surface area contributed by atoms with E-state index >= 15 is 0 Å². The molecule has 0 aliphatic carbocycles. The molecule has 3 N–H and O–H groups in total. The van der Waals surface area contributed by atoms with Crippen molar-refractivity contribution in [3.05, 3.63) is 29.8 Å². The average Bonchev–Trinajstić information content (AvgIpc) is 2.51. The Morgan fingerprint density at radius 3 is 2.32 bits per heavy atom. The van der Waals surface area contributed by atoms with Crippen molar-refractivity contribution >= 4 is 46.6 Å². The van der Waals surface area contributed by atoms with Gasteiger partial charge in [0.25, 0.3) is 0 Å². The van der Waals surface area contributed by atoms with Crippen molar-refractivity contribution in [2.75, 3.05) is 35.5 Å². The summed E-state index contributed by atoms with van der Waals surface area (Å²) in [7, 11) is 0. The van der Waals surface area contributed by atoms with E-state index in [9.17, 15) is 4.79 Å². The van der Waals surface area contributed by atoms with E-state index in [1.165, 1.54) is 5.56 Å². The summed E-state index contributed by atoms with van der Waals surface area (Å²) >= 11 is 13.3. The first-order valence-corrected chi connectivity index (χ1v) is 9.32. The number of halogens is 2. The molecule has 0 aliphatic heterocycles. The van der Waals surface area contributed by atoms with E-state index in [1.807, 2.05) is 0 Å². The predicted octanol–water partition coefficient (Wildman–Crippen LogP) is 3.01. The Morgan fingerprint density at radius 1 is 1.23 bits per heavy atom. The maximum absolute atomic E-state index is 10.6. The van der Waals surface area contributed by atoms with Crippen molar-refractivity contribution in [3.63, 3.8) is 0 Å². The molecule has 1 atom stereocenters. The molecule has 124 valence electrons. The quantitative estimate of drug-likeness (QED) is 0.466. The van der Waals surface area contributed by atoms with Crippen molar-refractivity contribution in [2.24, 2.45) is 5.73 Å². The molecular weight excluding hydrogens is 343 g/mol. The normalized spacial score (nSPS) is 12.1. The van der Waals surface area contributed by atoms with Crippen LogP contribution in [0, 0.1) is 0 Å². The number of anilines is 1. The van der Waals surface area contributed by atoms with E-state index in [4.69, 9.17) is 34.0 Å². The zero-order valence-corrected chi connectivity index (χ0v) is 14.7. The molecule has 0 aromatic heterocycles. The van der Waals surface area contributed by atoms with Gasteiger partial charge in [-0.3, -0.25) is 4.79 Å². The zero-order valence-electron chi connectivity index (χ0n) is 12.4. The fourth-order valence-corrected chi connectivity index (χ4v) is 3.30. The van der Waals surface area contributed by atoms with Gasteiger partial charge in [-0.1, -0.05) is 12.1 Å². The summed E-state index contributed by atoms with van der Waals surface area (Å²) in [5, 5.41) is 8.71. The van der Waals surface area contributed by atoms with Crippen LogP contribution in [0.3, 0.4) is 0 Å². The number of aliphatic carboxylic acids is 1. The van der Waals surface area contributed by atoms with Gasteiger partial charge in [-0.2, -0.15) is 11.8 Å². The highest BCUT2D eigenvalue weighted by atomic mass is 35.5. The molecule has 0 saturated heterocycles. The third kappa shape index (κ3) is 7.09. The number of benzene rings is 1. The highest BCUT2D eigenvalue weighted by Crippen LogP contribution is 2.19. The highest BCUT2D eigenvalue weighted by molar-refractivity contribution is 7.98. The van der Waals surface area contributed by atoms with Gasteiger partial charge in [0, 0.05) is 36.3 Å². The lowest BCUT2D eigenvalue weighted by Crippen LogP contribution is -2.30. The molecule has 0 saturated carbocycles. The van der Waals surface area contributed by atoms with Gasteiger partial charge in [0.05, 0.1) is 0 Å². The van der Waals surface area contributed by atoms with E-state index in [0.717, 1.165) is 30.3 Å². The largest absolute Gasteiger partial charge is 0.480 e. The first-order chi connectivity index (χ1) is 10.6. The number of carboxylic acid groups (broad SMARTS) is 1. The van der Waals surface area contributed by atoms with Gasteiger partial charge in [0.15, 0.2) is 0 Å². The van der Waals surface area contributed by atoms with Crippen LogP contribution in [0.25, 0.3) is 0 Å². The van der Waals surface area contributed by atoms with Gasteiger partial charge in [0.1, 0.15) is 6.04 Å². The number of hydrogen-bond acceptors (Lipinski definition) is 4. The number of alkyl halides is 2. The van der Waals surface area contributed by atoms with Crippen LogP contribution in [-0.2, 0) is 10.5 Å². The highest BCUT2D eigenvalue weighted by Gasteiger charge is 2.10. The molecule has 0 fully saturated rings. The minimum Gasteiger partial charge on any atom is -0.480 e. The Hall–Kier alpha value is -0.620. The van der Waals surface area contributed by atoms with Crippen LogP contribution < -0.4 is 10.6 Å². The third-order valence-electron chi connectivity index (χ3n) is 3.17. The van der Waals surface area contributed by atoms with E-state index < -0.39 is 12.0 Å². The summed E-state index contributed by atoms with van der Waals surface area (Å²) in [4.78, 5) is 12.8. The molecule has 1 aromatic rings. The van der Waals surface area contributed by atoms with Gasteiger partial charge >= 0.3 is 5.97 Å². The maximum atomic E-state index is 10.6. The number of carbonyl (C=O) groups is 1. The molecule has 0 heterocycles. The Morgan fingerprint density at radius 2 is 1.82 bits per heavy atom. The minimum absolute atomic E-state index is 0.483. The van der Waals surface area contributed by atoms with E-state index in [2.05, 4.69) is 29.2 Å². The Bertz CT molecular complexity index is 440. The summed E-state index contributed by atoms with van der Waals surface area (Å²) in [6, 6.07) is 7.52. The van der Waals surface area contributed by atoms with Crippen molar-refractivity contribution in [1.82, 2.24) is 0 Å². The van der Waals surface area contributed by atoms with Gasteiger partial charge in [-0.15, -0.1) is 23.2 Å². The second kappa shape index (κ2) is 11.0. The van der Waals surface area contributed by atoms with Crippen LogP contribution in [0.15, 0.2) is 24.3 Å². The van der Waals surface area contributed by atoms with Crippen LogP contribution in [0.5, 0.6) is 0 Å². The summed E-state index contributed by atoms with van der Waals surface area (Å²) in [6.07, 6.45) is 0.483. The third-order valence-corrected chi connectivity index (χ3v) is 4.57. The molecule has 0 amide bonds. The van der Waals surface area contributed by atoms with Crippen molar-refractivity contribution in [1.29, 1.82) is 0 Å². The van der Waals surface area contributed by atoms with Gasteiger partial charge in [-0.05, 0) is 29.9 Å². The Labute approximate surface area is 146 Å². The van der Waals surface area contributed by atoms with Crippen LogP contribution in [0.4, 0.5) is 5.69 Å². The van der Waals surface area contributed by atoms with Gasteiger partial charge in [0.2, 0.25) is 0 Å². The Kier molecular flexibility index (Phi) is 9.71. The fraction of sp³-hybridized carbons (Fsp3) is 0.533. The molecular formula is C15H22Cl2N2O2S. The van der Waals surface area contributed by atoms with Crippen molar-refractivity contribution in [2.45, 2.75) is 18.2 Å². The molecule has 0 radical (unpaired) electrons. The minimum atomic E-state index is -0.941. The lowest BCUT2D eigenvalue weighted by atomic mass is 10.2. The number of nitrogens with zero attached hydrogens (tertiary/aromatic N) is 1. The molecule has 0 spiro atoms. The van der Waals surface area contributed by atoms with E-state index in [1.54, 1.807) is 11.8 Å². The molecule has 4 nitrogen and oxygen atoms in total. The van der Waals surface area contributed by atoms with Crippen molar-refractivity contribution < 1.29 is 9.90 Å². The molecule has 1 rings (SSSR count). The van der Waals surface area contributed by atoms with Crippen LogP contribution in [0.1, 0.15) is 12.0 Å². The SMILES string of the molecule is N[C@H](CCSCc1ccc(N(CCCl)CCCl)cc1)C(=O)O. The van der Waals surface area contributed by atoms with E-state index in [0.29, 0.717) is 18.2 Å². The topological polar surface area (TPSA) is 66.6 Å². The molecule has 22 heavy (non-hydrogen) atoms. The Balaban J connectivity index is 2.42. The van der Waals surface area contributed by atoms with Crippen LogP contribution in [0.2, 0.25) is 0 Å². The molecule has 0 aliphatic rings. The van der Waals surface area contributed by atoms with Gasteiger partial charge in [-0.25, -0.2) is 0 Å². The summed E-state index contributed by atoms with van der Waals surface area (Å²) in [5.74, 6) is 1.78. The number of thioether (sulfide) groups is 1. The second-order valence-electron chi connectivity index (χ2n) is 4.82. The monoisotopic (exact) mass is 364 g/mol. The average molecular weight is 365 g/mol. The standard InChI is InChI=1S/C15H22Cl2N2O2S/c16-6-8-19(9-7-17)13-3-1-12(2-4-13)11-22-10-5-14(18)15(20)21/h1-4,14H,5-11,18H2,(H,20,21)/t14-/m1/s1. The van der Waals surface area contributed by atoms with Crippen molar-refractivity contribution in [3.8, 4) is 0 Å². The lowest BCUT2D eigenvalue weighted by Gasteiger charge is -2.23. The molecule has 0 unspecified atom stereocenters. The molecule has 1 aromatic carbocycles. The number of rotatable bonds is 11. The van der Waals surface area contributed by atoms with Crippen LogP contribution in [-0.4, -0.2) is 47.7 Å². The number of hydrogen-bond donors (Lipinski definition) is 2. The second-order valence-corrected chi connectivity index (χ2v) is 6.68. The zero-order chi connectivity index (χ0) is 16.4. The maximum Gasteiger partial charge on any atom is 0.320 e. The number of carboxylic acids is 1.